The molecule has 0 aliphatic rings. The van der Waals surface area contributed by atoms with Crippen LogP contribution in [0.25, 0.3) is 0 Å². The molecule has 0 radical (unpaired) electrons. The van der Waals surface area contributed by atoms with E-state index in [-0.39, 0.29) is 0 Å². The summed E-state index contributed by atoms with van der Waals surface area (Å²) in [5.74, 6) is 0. The normalized spacial score (nSPS) is 14.5. The van der Waals surface area contributed by atoms with Crippen LogP contribution in [0.1, 0.15) is 19.8 Å². The molecule has 0 heterocycles. The van der Waals surface area contributed by atoms with Gasteiger partial charge in [0.25, 0.3) is 0 Å². The molecule has 0 rings (SSSR count). The number of nitrogens with zero attached hydrogens (tertiary/aromatic N) is 2. The lowest BCUT2D eigenvalue weighted by Gasteiger charge is -2.26. The summed E-state index contributed by atoms with van der Waals surface area (Å²) < 4.78 is 0. The van der Waals surface area contributed by atoms with Gasteiger partial charge in [0.2, 0.25) is 0 Å². The zero-order valence-corrected chi connectivity index (χ0v) is 8.59. The lowest BCUT2D eigenvalue weighted by atomic mass is 10.1. The molecule has 0 bridgehead atoms. The average molecular weight is 158 g/mol. The van der Waals surface area contributed by atoms with Gasteiger partial charge in [0.05, 0.1) is 0 Å². The second-order valence-electron chi connectivity index (χ2n) is 3.67. The van der Waals surface area contributed by atoms with Gasteiger partial charge in [-0.25, -0.2) is 0 Å². The summed E-state index contributed by atoms with van der Waals surface area (Å²) in [6, 6.07) is 0.718. The Bertz CT molecular complexity index is 89.6. The molecule has 2 nitrogen and oxygen atoms in total. The molecule has 11 heavy (non-hydrogen) atoms. The third kappa shape index (κ3) is 5.22. The van der Waals surface area contributed by atoms with E-state index in [2.05, 4.69) is 44.9 Å². The van der Waals surface area contributed by atoms with Gasteiger partial charge >= 0.3 is 0 Å². The third-order valence-corrected chi connectivity index (χ3v) is 1.93. The summed E-state index contributed by atoms with van der Waals surface area (Å²) in [6.07, 6.45) is 2.57. The van der Waals surface area contributed by atoms with Crippen molar-refractivity contribution in [2.24, 2.45) is 0 Å². The fourth-order valence-corrected chi connectivity index (χ4v) is 1.27. The Hall–Kier alpha value is -0.0800. The predicted molar refractivity (Wildman–Crippen MR) is 50.9 cm³/mol. The second kappa shape index (κ2) is 5.56. The Kier molecular flexibility index (Phi) is 5.51. The minimum absolute atomic E-state index is 0.718. The minimum atomic E-state index is 0.718. The Balaban J connectivity index is 3.69. The van der Waals surface area contributed by atoms with E-state index in [1.807, 2.05) is 0 Å². The standard InChI is InChI=1S/C9H22N2/c1-6-7-9(11(4)5)8-10(2)3/h9H,6-8H2,1-5H3. The summed E-state index contributed by atoms with van der Waals surface area (Å²) in [4.78, 5) is 4.56. The van der Waals surface area contributed by atoms with Crippen LogP contribution in [-0.2, 0) is 0 Å². The van der Waals surface area contributed by atoms with E-state index in [0.717, 1.165) is 6.04 Å². The molecular formula is C9H22N2. The third-order valence-electron chi connectivity index (χ3n) is 1.93. The van der Waals surface area contributed by atoms with Gasteiger partial charge in [0.1, 0.15) is 0 Å². The number of likely N-dealkylation sites (N-methyl/N-ethyl adjacent to an activating group) is 2. The summed E-state index contributed by atoms with van der Waals surface area (Å²) in [5, 5.41) is 0. The van der Waals surface area contributed by atoms with Crippen molar-refractivity contribution in [2.45, 2.75) is 25.8 Å². The van der Waals surface area contributed by atoms with Crippen LogP contribution in [0.3, 0.4) is 0 Å². The second-order valence-corrected chi connectivity index (χ2v) is 3.67. The van der Waals surface area contributed by atoms with Crippen molar-refractivity contribution in [3.8, 4) is 0 Å². The smallest absolute Gasteiger partial charge is 0.0216 e. The van der Waals surface area contributed by atoms with Gasteiger partial charge in [-0.1, -0.05) is 13.3 Å². The number of hydrogen-bond donors (Lipinski definition) is 0. The highest BCUT2D eigenvalue weighted by Gasteiger charge is 2.10. The van der Waals surface area contributed by atoms with E-state index >= 15 is 0 Å². The maximum absolute atomic E-state index is 2.31. The highest BCUT2D eigenvalue weighted by Crippen LogP contribution is 2.03. The SMILES string of the molecule is CCCC(CN(C)C)N(C)C. The van der Waals surface area contributed by atoms with E-state index in [4.69, 9.17) is 0 Å². The summed E-state index contributed by atoms with van der Waals surface area (Å²) in [5.41, 5.74) is 0. The summed E-state index contributed by atoms with van der Waals surface area (Å²) >= 11 is 0. The molecule has 0 spiro atoms. The number of hydrogen-bond acceptors (Lipinski definition) is 2. The van der Waals surface area contributed by atoms with Crippen LogP contribution in [0.4, 0.5) is 0 Å². The Labute approximate surface area is 71.2 Å². The predicted octanol–water partition coefficient (Wildman–Crippen LogP) is 1.28. The molecule has 1 unspecified atom stereocenters. The molecule has 68 valence electrons. The highest BCUT2D eigenvalue weighted by atomic mass is 15.2. The lowest BCUT2D eigenvalue weighted by molar-refractivity contribution is 0.217. The average Bonchev–Trinajstić information content (AvgIpc) is 1.86. The Morgan fingerprint density at radius 1 is 1.09 bits per heavy atom. The first-order valence-corrected chi connectivity index (χ1v) is 4.39. The minimum Gasteiger partial charge on any atom is -0.308 e. The Morgan fingerprint density at radius 3 is 1.91 bits per heavy atom. The fourth-order valence-electron chi connectivity index (χ4n) is 1.27. The van der Waals surface area contributed by atoms with E-state index in [1.165, 1.54) is 19.4 Å². The van der Waals surface area contributed by atoms with E-state index in [1.54, 1.807) is 0 Å². The molecule has 0 aliphatic heterocycles. The Morgan fingerprint density at radius 2 is 1.64 bits per heavy atom. The van der Waals surface area contributed by atoms with Gasteiger partial charge in [-0.2, -0.15) is 0 Å². The van der Waals surface area contributed by atoms with Crippen molar-refractivity contribution in [1.29, 1.82) is 0 Å². The van der Waals surface area contributed by atoms with Crippen molar-refractivity contribution >= 4 is 0 Å². The lowest BCUT2D eigenvalue weighted by Crippen LogP contribution is -2.37. The highest BCUT2D eigenvalue weighted by molar-refractivity contribution is 4.67. The van der Waals surface area contributed by atoms with Gasteiger partial charge in [-0.15, -0.1) is 0 Å². The van der Waals surface area contributed by atoms with Crippen LogP contribution in [0.5, 0.6) is 0 Å². The molecule has 0 N–H and O–H groups in total. The molecule has 2 heteroatoms. The first kappa shape index (κ1) is 10.9. The van der Waals surface area contributed by atoms with E-state index < -0.39 is 0 Å². The van der Waals surface area contributed by atoms with Crippen LogP contribution >= 0.6 is 0 Å². The van der Waals surface area contributed by atoms with Crippen molar-refractivity contribution < 1.29 is 0 Å². The molecule has 1 atom stereocenters. The first-order valence-electron chi connectivity index (χ1n) is 4.39. The molecule has 0 saturated carbocycles. The van der Waals surface area contributed by atoms with Gasteiger partial charge in [0.15, 0.2) is 0 Å². The van der Waals surface area contributed by atoms with Crippen LogP contribution < -0.4 is 0 Å². The summed E-state index contributed by atoms with van der Waals surface area (Å²) in [6.45, 7) is 3.41. The maximum atomic E-state index is 2.31. The number of rotatable bonds is 5. The fraction of sp³-hybridized carbons (Fsp3) is 1.00. The van der Waals surface area contributed by atoms with Crippen LogP contribution in [-0.4, -0.2) is 50.6 Å². The quantitative estimate of drug-likeness (QED) is 0.594. The van der Waals surface area contributed by atoms with Crippen molar-refractivity contribution in [1.82, 2.24) is 9.80 Å². The molecule has 0 amide bonds. The van der Waals surface area contributed by atoms with E-state index in [0.29, 0.717) is 0 Å². The van der Waals surface area contributed by atoms with Gasteiger partial charge in [0, 0.05) is 12.6 Å². The largest absolute Gasteiger partial charge is 0.308 e. The van der Waals surface area contributed by atoms with E-state index in [9.17, 15) is 0 Å². The maximum Gasteiger partial charge on any atom is 0.0216 e. The molecule has 0 aromatic heterocycles. The molecule has 0 aromatic carbocycles. The van der Waals surface area contributed by atoms with Gasteiger partial charge in [-0.3, -0.25) is 0 Å². The summed E-state index contributed by atoms with van der Waals surface area (Å²) in [7, 11) is 8.58. The van der Waals surface area contributed by atoms with Crippen LogP contribution in [0, 0.1) is 0 Å². The van der Waals surface area contributed by atoms with Crippen molar-refractivity contribution in [3.63, 3.8) is 0 Å². The topological polar surface area (TPSA) is 6.48 Å². The van der Waals surface area contributed by atoms with Crippen LogP contribution in [0.15, 0.2) is 0 Å². The van der Waals surface area contributed by atoms with Crippen molar-refractivity contribution in [3.05, 3.63) is 0 Å². The molecular weight excluding hydrogens is 136 g/mol. The van der Waals surface area contributed by atoms with Gasteiger partial charge in [-0.05, 0) is 34.6 Å². The molecule has 0 aliphatic carbocycles. The molecule has 0 fully saturated rings. The van der Waals surface area contributed by atoms with Crippen molar-refractivity contribution in [2.75, 3.05) is 34.7 Å². The van der Waals surface area contributed by atoms with Crippen LogP contribution in [0.2, 0.25) is 0 Å². The zero-order chi connectivity index (χ0) is 8.85. The molecule has 0 aromatic rings. The molecule has 0 saturated heterocycles. The monoisotopic (exact) mass is 158 g/mol. The zero-order valence-electron chi connectivity index (χ0n) is 8.59. The first-order chi connectivity index (χ1) is 5.07. The van der Waals surface area contributed by atoms with Gasteiger partial charge < -0.3 is 9.80 Å².